The van der Waals surface area contributed by atoms with E-state index in [1.807, 2.05) is 20.8 Å². The Bertz CT molecular complexity index is 211. The summed E-state index contributed by atoms with van der Waals surface area (Å²) in [6.07, 6.45) is -0.310. The number of alkyl carbamates (subject to hydrolysis) is 1. The summed E-state index contributed by atoms with van der Waals surface area (Å²) in [6.45, 7) is 9.57. The van der Waals surface area contributed by atoms with Gasteiger partial charge in [0.2, 0.25) is 0 Å². The van der Waals surface area contributed by atoms with E-state index in [0.717, 1.165) is 13.1 Å². The molecule has 2 N–H and O–H groups in total. The summed E-state index contributed by atoms with van der Waals surface area (Å²) in [5, 5.41) is 5.96. The predicted molar refractivity (Wildman–Crippen MR) is 55.2 cm³/mol. The van der Waals surface area contributed by atoms with Gasteiger partial charge < -0.3 is 15.4 Å². The average Bonchev–Trinajstić information content (AvgIpc) is 2.32. The monoisotopic (exact) mass is 200 g/mol. The van der Waals surface area contributed by atoms with Crippen LogP contribution in [0.4, 0.5) is 4.79 Å². The molecule has 1 fully saturated rings. The van der Waals surface area contributed by atoms with Crippen LogP contribution in [0.2, 0.25) is 0 Å². The molecule has 0 bridgehead atoms. The second-order valence-corrected chi connectivity index (χ2v) is 4.95. The lowest BCUT2D eigenvalue weighted by Crippen LogP contribution is -2.43. The van der Waals surface area contributed by atoms with E-state index < -0.39 is 0 Å². The molecule has 1 rings (SSSR count). The molecule has 0 radical (unpaired) electrons. The molecule has 0 aromatic rings. The van der Waals surface area contributed by atoms with Gasteiger partial charge in [-0.1, -0.05) is 6.92 Å². The molecule has 4 heteroatoms. The van der Waals surface area contributed by atoms with E-state index in [4.69, 9.17) is 4.74 Å². The molecule has 82 valence electrons. The first kappa shape index (κ1) is 11.3. The van der Waals surface area contributed by atoms with Gasteiger partial charge in [-0.15, -0.1) is 0 Å². The van der Waals surface area contributed by atoms with Gasteiger partial charge in [0.1, 0.15) is 6.10 Å². The summed E-state index contributed by atoms with van der Waals surface area (Å²) >= 11 is 0. The highest BCUT2D eigenvalue weighted by atomic mass is 16.6. The SMILES string of the molecule is C[C@H]1CNC[C@H]1OC(=O)NC(C)(C)C. The lowest BCUT2D eigenvalue weighted by Gasteiger charge is -2.23. The number of amides is 1. The zero-order valence-corrected chi connectivity index (χ0v) is 9.39. The van der Waals surface area contributed by atoms with Gasteiger partial charge in [0.15, 0.2) is 0 Å². The summed E-state index contributed by atoms with van der Waals surface area (Å²) < 4.78 is 5.29. The van der Waals surface area contributed by atoms with Crippen LogP contribution in [0.5, 0.6) is 0 Å². The highest BCUT2D eigenvalue weighted by molar-refractivity contribution is 5.68. The van der Waals surface area contributed by atoms with Crippen molar-refractivity contribution in [3.05, 3.63) is 0 Å². The summed E-state index contributed by atoms with van der Waals surface area (Å²) in [6, 6.07) is 0. The van der Waals surface area contributed by atoms with E-state index in [1.54, 1.807) is 0 Å². The van der Waals surface area contributed by atoms with Crippen molar-refractivity contribution >= 4 is 6.09 Å². The van der Waals surface area contributed by atoms with Gasteiger partial charge in [-0.05, 0) is 20.8 Å². The average molecular weight is 200 g/mol. The lowest BCUT2D eigenvalue weighted by atomic mass is 10.1. The zero-order valence-electron chi connectivity index (χ0n) is 9.39. The Morgan fingerprint density at radius 1 is 1.43 bits per heavy atom. The van der Waals surface area contributed by atoms with Gasteiger partial charge in [0.25, 0.3) is 0 Å². The molecule has 0 aliphatic carbocycles. The number of carbonyl (C=O) groups excluding carboxylic acids is 1. The minimum absolute atomic E-state index is 0.0114. The third-order valence-corrected chi connectivity index (χ3v) is 2.18. The normalized spacial score (nSPS) is 27.4. The molecule has 0 saturated carbocycles. The molecule has 1 heterocycles. The van der Waals surface area contributed by atoms with Crippen molar-refractivity contribution in [2.75, 3.05) is 13.1 Å². The molecule has 2 atom stereocenters. The topological polar surface area (TPSA) is 50.4 Å². The molecule has 0 spiro atoms. The summed E-state index contributed by atoms with van der Waals surface area (Å²) in [7, 11) is 0. The van der Waals surface area contributed by atoms with Gasteiger partial charge in [-0.3, -0.25) is 0 Å². The van der Waals surface area contributed by atoms with Crippen LogP contribution < -0.4 is 10.6 Å². The predicted octanol–water partition coefficient (Wildman–Crippen LogP) is 1.12. The molecule has 1 saturated heterocycles. The number of ether oxygens (including phenoxy) is 1. The molecule has 4 nitrogen and oxygen atoms in total. The number of nitrogens with one attached hydrogen (secondary N) is 2. The molecule has 1 amide bonds. The van der Waals surface area contributed by atoms with Gasteiger partial charge >= 0.3 is 6.09 Å². The maximum Gasteiger partial charge on any atom is 0.407 e. The third kappa shape index (κ3) is 3.54. The van der Waals surface area contributed by atoms with E-state index in [-0.39, 0.29) is 17.7 Å². The number of carbonyl (C=O) groups is 1. The minimum Gasteiger partial charge on any atom is -0.445 e. The Morgan fingerprint density at radius 2 is 2.07 bits per heavy atom. The second kappa shape index (κ2) is 4.17. The fourth-order valence-electron chi connectivity index (χ4n) is 1.42. The maximum atomic E-state index is 11.4. The van der Waals surface area contributed by atoms with E-state index >= 15 is 0 Å². The molecule has 14 heavy (non-hydrogen) atoms. The van der Waals surface area contributed by atoms with Crippen molar-refractivity contribution in [1.29, 1.82) is 0 Å². The second-order valence-electron chi connectivity index (χ2n) is 4.95. The van der Waals surface area contributed by atoms with Crippen molar-refractivity contribution in [2.45, 2.75) is 39.3 Å². The first-order chi connectivity index (χ1) is 6.38. The van der Waals surface area contributed by atoms with Gasteiger partial charge in [-0.25, -0.2) is 4.79 Å². The van der Waals surface area contributed by atoms with Crippen molar-refractivity contribution in [2.24, 2.45) is 5.92 Å². The quantitative estimate of drug-likeness (QED) is 0.667. The minimum atomic E-state index is -0.321. The van der Waals surface area contributed by atoms with Gasteiger partial charge in [0.05, 0.1) is 0 Å². The van der Waals surface area contributed by atoms with Crippen LogP contribution in [-0.2, 0) is 4.74 Å². The largest absolute Gasteiger partial charge is 0.445 e. The van der Waals surface area contributed by atoms with Crippen molar-refractivity contribution in [3.8, 4) is 0 Å². The van der Waals surface area contributed by atoms with Gasteiger partial charge in [-0.2, -0.15) is 0 Å². The Hall–Kier alpha value is -0.770. The van der Waals surface area contributed by atoms with Crippen LogP contribution in [0.25, 0.3) is 0 Å². The molecule has 1 aliphatic heterocycles. The fraction of sp³-hybridized carbons (Fsp3) is 0.900. The van der Waals surface area contributed by atoms with Crippen LogP contribution in [0.1, 0.15) is 27.7 Å². The van der Waals surface area contributed by atoms with Crippen molar-refractivity contribution in [3.63, 3.8) is 0 Å². The molecule has 0 aromatic heterocycles. The summed E-state index contributed by atoms with van der Waals surface area (Å²) in [5.41, 5.74) is -0.230. The number of rotatable bonds is 1. The van der Waals surface area contributed by atoms with E-state index in [0.29, 0.717) is 5.92 Å². The Morgan fingerprint density at radius 3 is 2.50 bits per heavy atom. The Balaban J connectivity index is 2.33. The van der Waals surface area contributed by atoms with E-state index in [9.17, 15) is 4.79 Å². The highest BCUT2D eigenvalue weighted by Crippen LogP contribution is 2.12. The lowest BCUT2D eigenvalue weighted by molar-refractivity contribution is 0.0823. The Labute approximate surface area is 85.4 Å². The first-order valence-electron chi connectivity index (χ1n) is 5.08. The van der Waals surface area contributed by atoms with Crippen LogP contribution in [-0.4, -0.2) is 30.8 Å². The first-order valence-corrected chi connectivity index (χ1v) is 5.08. The standard InChI is InChI=1S/C10H20N2O2/c1-7-5-11-6-8(7)14-9(13)12-10(2,3)4/h7-8,11H,5-6H2,1-4H3,(H,12,13)/t7-,8+/m0/s1. The number of hydrogen-bond donors (Lipinski definition) is 2. The van der Waals surface area contributed by atoms with E-state index in [1.165, 1.54) is 0 Å². The smallest absolute Gasteiger partial charge is 0.407 e. The van der Waals surface area contributed by atoms with Crippen LogP contribution in [0.15, 0.2) is 0 Å². The molecule has 0 unspecified atom stereocenters. The van der Waals surface area contributed by atoms with Crippen LogP contribution in [0, 0.1) is 5.92 Å². The molecule has 1 aliphatic rings. The highest BCUT2D eigenvalue weighted by Gasteiger charge is 2.27. The van der Waals surface area contributed by atoms with Crippen LogP contribution in [0.3, 0.4) is 0 Å². The molecular weight excluding hydrogens is 180 g/mol. The Kier molecular flexibility index (Phi) is 3.37. The maximum absolute atomic E-state index is 11.4. The van der Waals surface area contributed by atoms with E-state index in [2.05, 4.69) is 17.6 Å². The number of hydrogen-bond acceptors (Lipinski definition) is 3. The van der Waals surface area contributed by atoms with Crippen molar-refractivity contribution in [1.82, 2.24) is 10.6 Å². The van der Waals surface area contributed by atoms with Crippen LogP contribution >= 0.6 is 0 Å². The molecular formula is C10H20N2O2. The zero-order chi connectivity index (χ0) is 10.8. The molecule has 0 aromatic carbocycles. The van der Waals surface area contributed by atoms with Crippen molar-refractivity contribution < 1.29 is 9.53 Å². The third-order valence-electron chi connectivity index (χ3n) is 2.18. The summed E-state index contributed by atoms with van der Waals surface area (Å²) in [4.78, 5) is 11.4. The van der Waals surface area contributed by atoms with Gasteiger partial charge in [0, 0.05) is 24.5 Å². The fourth-order valence-corrected chi connectivity index (χ4v) is 1.42. The summed E-state index contributed by atoms with van der Waals surface area (Å²) in [5.74, 6) is 0.403.